The second-order valence-corrected chi connectivity index (χ2v) is 6.15. The van der Waals surface area contributed by atoms with Gasteiger partial charge in [-0.1, -0.05) is 31.4 Å². The first kappa shape index (κ1) is 12.8. The van der Waals surface area contributed by atoms with Crippen LogP contribution < -0.4 is 0 Å². The molecule has 0 spiro atoms. The molecule has 1 aliphatic rings. The Balaban J connectivity index is 2.05. The summed E-state index contributed by atoms with van der Waals surface area (Å²) < 4.78 is 6.77. The molecule has 0 bridgehead atoms. The van der Waals surface area contributed by atoms with Crippen molar-refractivity contribution in [3.63, 3.8) is 0 Å². The van der Waals surface area contributed by atoms with E-state index < -0.39 is 5.60 Å². The van der Waals surface area contributed by atoms with Gasteiger partial charge in [0, 0.05) is 17.4 Å². The summed E-state index contributed by atoms with van der Waals surface area (Å²) >= 11 is 1.64. The average Bonchev–Trinajstić information content (AvgIpc) is 2.95. The molecule has 3 heteroatoms. The number of ether oxygens (including phenoxy) is 1. The summed E-state index contributed by atoms with van der Waals surface area (Å²) in [5.74, 6) is 0.169. The maximum Gasteiger partial charge on any atom is 0.196 e. The zero-order valence-corrected chi connectivity index (χ0v) is 12.0. The lowest BCUT2D eigenvalue weighted by molar-refractivity contribution is -0.0192. The normalized spacial score (nSPS) is 18.6. The molecule has 0 atom stereocenters. The predicted molar refractivity (Wildman–Crippen MR) is 79.0 cm³/mol. The van der Waals surface area contributed by atoms with E-state index in [-0.39, 0.29) is 5.78 Å². The Hall–Kier alpha value is -1.19. The monoisotopic (exact) mass is 274 g/mol. The lowest BCUT2D eigenvalue weighted by Gasteiger charge is -2.34. The molecule has 1 aromatic heterocycles. The number of hydrogen-bond donors (Lipinski definition) is 0. The fourth-order valence-electron chi connectivity index (χ4n) is 3.06. The number of methoxy groups -OCH3 is 1. The molecule has 0 saturated heterocycles. The van der Waals surface area contributed by atoms with Crippen LogP contribution in [0.4, 0.5) is 0 Å². The summed E-state index contributed by atoms with van der Waals surface area (Å²) in [6.07, 6.45) is 5.08. The topological polar surface area (TPSA) is 26.3 Å². The predicted octanol–water partition coefficient (Wildman–Crippen LogP) is 4.43. The first-order chi connectivity index (χ1) is 9.27. The molecule has 0 unspecified atom stereocenters. The van der Waals surface area contributed by atoms with Gasteiger partial charge in [0.15, 0.2) is 5.78 Å². The molecule has 2 aromatic rings. The number of rotatable bonds is 3. The number of hydrogen-bond acceptors (Lipinski definition) is 3. The number of benzene rings is 1. The van der Waals surface area contributed by atoms with Crippen LogP contribution in [0.2, 0.25) is 0 Å². The molecular formula is C16H18O2S. The first-order valence-electron chi connectivity index (χ1n) is 6.83. The molecule has 3 rings (SSSR count). The van der Waals surface area contributed by atoms with Gasteiger partial charge in [0.05, 0.1) is 0 Å². The van der Waals surface area contributed by atoms with Crippen LogP contribution in [0.3, 0.4) is 0 Å². The minimum absolute atomic E-state index is 0.169. The van der Waals surface area contributed by atoms with Gasteiger partial charge in [-0.25, -0.2) is 0 Å². The Bertz CT molecular complexity index is 594. The molecule has 1 saturated carbocycles. The number of Topliss-reactive ketones (excluding diaryl/α,β-unsaturated/α-hetero) is 1. The zero-order valence-electron chi connectivity index (χ0n) is 11.1. The van der Waals surface area contributed by atoms with Gasteiger partial charge in [-0.15, -0.1) is 11.3 Å². The molecule has 0 radical (unpaired) electrons. The molecule has 1 aliphatic carbocycles. The van der Waals surface area contributed by atoms with E-state index in [4.69, 9.17) is 4.74 Å². The standard InChI is InChI=1S/C16H18O2S/c1-18-16(9-3-2-4-10-16)15(17)13-7-5-6-12-8-11-19-14(12)13/h5-8,11H,2-4,9-10H2,1H3. The summed E-state index contributed by atoms with van der Waals surface area (Å²) in [6.45, 7) is 0. The summed E-state index contributed by atoms with van der Waals surface area (Å²) in [6, 6.07) is 8.03. The molecule has 0 aliphatic heterocycles. The lowest BCUT2D eigenvalue weighted by atomic mass is 9.79. The molecule has 1 heterocycles. The lowest BCUT2D eigenvalue weighted by Crippen LogP contribution is -2.42. The van der Waals surface area contributed by atoms with E-state index in [9.17, 15) is 4.79 Å². The zero-order chi connectivity index (χ0) is 13.3. The van der Waals surface area contributed by atoms with Crippen molar-refractivity contribution in [1.29, 1.82) is 0 Å². The van der Waals surface area contributed by atoms with Crippen molar-refractivity contribution >= 4 is 27.2 Å². The van der Waals surface area contributed by atoms with E-state index in [1.54, 1.807) is 18.4 Å². The second-order valence-electron chi connectivity index (χ2n) is 5.23. The minimum atomic E-state index is -0.587. The third-order valence-corrected chi connectivity index (χ3v) is 5.15. The maximum atomic E-state index is 12.9. The second kappa shape index (κ2) is 5.06. The molecule has 100 valence electrons. The van der Waals surface area contributed by atoms with Gasteiger partial charge in [0.1, 0.15) is 5.60 Å². The molecule has 0 amide bonds. The van der Waals surface area contributed by atoms with Crippen molar-refractivity contribution in [3.05, 3.63) is 35.2 Å². The van der Waals surface area contributed by atoms with E-state index in [1.807, 2.05) is 17.5 Å². The number of thiophene rings is 1. The number of carbonyl (C=O) groups is 1. The van der Waals surface area contributed by atoms with E-state index in [1.165, 1.54) is 6.42 Å². The highest BCUT2D eigenvalue weighted by molar-refractivity contribution is 7.17. The van der Waals surface area contributed by atoms with Gasteiger partial charge in [0.2, 0.25) is 0 Å². The van der Waals surface area contributed by atoms with Crippen molar-refractivity contribution in [1.82, 2.24) is 0 Å². The summed E-state index contributed by atoms with van der Waals surface area (Å²) in [7, 11) is 1.68. The Kier molecular flexibility index (Phi) is 3.42. The molecule has 1 aromatic carbocycles. The summed E-state index contributed by atoms with van der Waals surface area (Å²) in [5.41, 5.74) is 0.243. The average molecular weight is 274 g/mol. The molecule has 2 nitrogen and oxygen atoms in total. The van der Waals surface area contributed by atoms with Crippen LogP contribution in [-0.2, 0) is 4.74 Å². The highest BCUT2D eigenvalue weighted by atomic mass is 32.1. The third kappa shape index (κ3) is 2.11. The Morgan fingerprint density at radius 2 is 2.00 bits per heavy atom. The number of carbonyl (C=O) groups excluding carboxylic acids is 1. The Morgan fingerprint density at radius 3 is 2.74 bits per heavy atom. The van der Waals surface area contributed by atoms with Gasteiger partial charge in [0.25, 0.3) is 0 Å². The van der Waals surface area contributed by atoms with Gasteiger partial charge >= 0.3 is 0 Å². The fourth-order valence-corrected chi connectivity index (χ4v) is 3.97. The molecule has 19 heavy (non-hydrogen) atoms. The third-order valence-electron chi connectivity index (χ3n) is 4.19. The Labute approximate surface area is 117 Å². The van der Waals surface area contributed by atoms with Crippen LogP contribution >= 0.6 is 11.3 Å². The van der Waals surface area contributed by atoms with Crippen LogP contribution in [0.25, 0.3) is 10.1 Å². The van der Waals surface area contributed by atoms with Crippen molar-refractivity contribution < 1.29 is 9.53 Å². The van der Waals surface area contributed by atoms with Crippen LogP contribution in [-0.4, -0.2) is 18.5 Å². The minimum Gasteiger partial charge on any atom is -0.370 e. The van der Waals surface area contributed by atoms with Crippen LogP contribution in [0.15, 0.2) is 29.6 Å². The van der Waals surface area contributed by atoms with Crippen molar-refractivity contribution in [2.45, 2.75) is 37.7 Å². The van der Waals surface area contributed by atoms with Gasteiger partial charge in [-0.2, -0.15) is 0 Å². The van der Waals surface area contributed by atoms with E-state index in [0.29, 0.717) is 0 Å². The highest BCUT2D eigenvalue weighted by Gasteiger charge is 2.40. The van der Waals surface area contributed by atoms with Crippen molar-refractivity contribution in [2.24, 2.45) is 0 Å². The molecular weight excluding hydrogens is 256 g/mol. The van der Waals surface area contributed by atoms with Crippen LogP contribution in [0.1, 0.15) is 42.5 Å². The molecule has 1 fully saturated rings. The van der Waals surface area contributed by atoms with E-state index in [2.05, 4.69) is 12.1 Å². The quantitative estimate of drug-likeness (QED) is 0.774. The van der Waals surface area contributed by atoms with Crippen LogP contribution in [0.5, 0.6) is 0 Å². The smallest absolute Gasteiger partial charge is 0.196 e. The summed E-state index contributed by atoms with van der Waals surface area (Å²) in [5, 5.41) is 3.19. The first-order valence-corrected chi connectivity index (χ1v) is 7.71. The molecule has 0 N–H and O–H groups in total. The van der Waals surface area contributed by atoms with Crippen LogP contribution in [0, 0.1) is 0 Å². The van der Waals surface area contributed by atoms with Gasteiger partial charge in [-0.05, 0) is 35.7 Å². The summed E-state index contributed by atoms with van der Waals surface area (Å²) in [4.78, 5) is 12.9. The maximum absolute atomic E-state index is 12.9. The fraction of sp³-hybridized carbons (Fsp3) is 0.438. The Morgan fingerprint density at radius 1 is 1.21 bits per heavy atom. The SMILES string of the molecule is COC1(C(=O)c2cccc3ccsc23)CCCCC1. The number of ketones is 1. The number of fused-ring (bicyclic) bond motifs is 1. The van der Waals surface area contributed by atoms with E-state index in [0.717, 1.165) is 41.3 Å². The van der Waals surface area contributed by atoms with Gasteiger partial charge < -0.3 is 4.74 Å². The highest BCUT2D eigenvalue weighted by Crippen LogP contribution is 2.36. The van der Waals surface area contributed by atoms with Crippen molar-refractivity contribution in [3.8, 4) is 0 Å². The largest absolute Gasteiger partial charge is 0.370 e. The van der Waals surface area contributed by atoms with Gasteiger partial charge in [-0.3, -0.25) is 4.79 Å². The van der Waals surface area contributed by atoms with Crippen molar-refractivity contribution in [2.75, 3.05) is 7.11 Å². The van der Waals surface area contributed by atoms with E-state index >= 15 is 0 Å².